The van der Waals surface area contributed by atoms with E-state index in [0.29, 0.717) is 38.2 Å². The van der Waals surface area contributed by atoms with Gasteiger partial charge in [-0.25, -0.2) is 18.7 Å². The number of fused-ring (bicyclic) bond motifs is 1. The first kappa shape index (κ1) is 26.6. The van der Waals surface area contributed by atoms with Crippen molar-refractivity contribution in [3.8, 4) is 11.3 Å². The standard InChI is InChI=1S/C30H34F2N4O/c1-6-20(4)7-8-33-27(19(2)3)15-22-14-24(25(31)13-21(22)5)30-29-26(32)16-23(17-28(29)34-18-35-30)36-9-11-37-12-10-36/h7-8,13-14,16-18H,6,9-12,15H2,1-5H3/b20-7+,33-8?. The van der Waals surface area contributed by atoms with Gasteiger partial charge in [0.25, 0.3) is 0 Å². The Bertz CT molecular complexity index is 1380. The van der Waals surface area contributed by atoms with Crippen LogP contribution < -0.4 is 4.90 Å². The van der Waals surface area contributed by atoms with Crippen molar-refractivity contribution in [2.24, 2.45) is 4.99 Å². The molecule has 0 amide bonds. The molecule has 0 aliphatic carbocycles. The molecule has 37 heavy (non-hydrogen) atoms. The van der Waals surface area contributed by atoms with Crippen LogP contribution in [0.5, 0.6) is 0 Å². The van der Waals surface area contributed by atoms with E-state index >= 15 is 8.78 Å². The van der Waals surface area contributed by atoms with E-state index in [4.69, 9.17) is 4.74 Å². The number of anilines is 1. The molecule has 1 fully saturated rings. The maximum Gasteiger partial charge on any atom is 0.136 e. The predicted molar refractivity (Wildman–Crippen MR) is 147 cm³/mol. The zero-order valence-corrected chi connectivity index (χ0v) is 22.2. The van der Waals surface area contributed by atoms with E-state index in [1.54, 1.807) is 6.07 Å². The minimum atomic E-state index is -0.469. The molecule has 1 aromatic heterocycles. The Balaban J connectivity index is 1.75. The van der Waals surface area contributed by atoms with E-state index in [-0.39, 0.29) is 16.6 Å². The minimum Gasteiger partial charge on any atom is -0.378 e. The highest BCUT2D eigenvalue weighted by atomic mass is 19.1. The number of aromatic nitrogens is 2. The van der Waals surface area contributed by atoms with Gasteiger partial charge >= 0.3 is 0 Å². The van der Waals surface area contributed by atoms with E-state index in [9.17, 15) is 0 Å². The highest BCUT2D eigenvalue weighted by molar-refractivity contribution is 5.94. The van der Waals surface area contributed by atoms with Crippen molar-refractivity contribution in [1.82, 2.24) is 9.97 Å². The normalized spacial score (nSPS) is 14.6. The summed E-state index contributed by atoms with van der Waals surface area (Å²) in [5.74, 6) is -0.912. The average Bonchev–Trinajstić information content (AvgIpc) is 2.89. The Kier molecular flexibility index (Phi) is 8.44. The lowest BCUT2D eigenvalue weighted by atomic mass is 9.96. The second kappa shape index (κ2) is 11.7. The fourth-order valence-corrected chi connectivity index (χ4v) is 4.33. The van der Waals surface area contributed by atoms with Crippen molar-refractivity contribution >= 4 is 22.8 Å². The molecule has 0 saturated carbocycles. The van der Waals surface area contributed by atoms with Crippen LogP contribution in [0.4, 0.5) is 14.5 Å². The summed E-state index contributed by atoms with van der Waals surface area (Å²) in [5, 5.41) is 0.217. The van der Waals surface area contributed by atoms with E-state index in [0.717, 1.165) is 34.5 Å². The highest BCUT2D eigenvalue weighted by Crippen LogP contribution is 2.34. The van der Waals surface area contributed by atoms with Crippen LogP contribution >= 0.6 is 0 Å². The van der Waals surface area contributed by atoms with Gasteiger partial charge < -0.3 is 9.64 Å². The summed E-state index contributed by atoms with van der Waals surface area (Å²) < 4.78 is 36.2. The molecule has 7 heteroatoms. The average molecular weight is 505 g/mol. The third kappa shape index (κ3) is 6.10. The number of nitrogens with zero attached hydrogens (tertiary/aromatic N) is 4. The summed E-state index contributed by atoms with van der Waals surface area (Å²) in [7, 11) is 0. The Labute approximate surface area is 217 Å². The van der Waals surface area contributed by atoms with Gasteiger partial charge in [0.15, 0.2) is 0 Å². The van der Waals surface area contributed by atoms with Crippen LogP contribution in [0.2, 0.25) is 0 Å². The maximum atomic E-state index is 15.5. The van der Waals surface area contributed by atoms with Crippen molar-refractivity contribution in [1.29, 1.82) is 0 Å². The topological polar surface area (TPSA) is 50.6 Å². The molecule has 3 aromatic rings. The van der Waals surface area contributed by atoms with E-state index in [1.807, 2.05) is 39.1 Å². The van der Waals surface area contributed by atoms with Gasteiger partial charge in [0.2, 0.25) is 0 Å². The number of allylic oxidation sites excluding steroid dienone is 4. The van der Waals surface area contributed by atoms with Crippen LogP contribution in [0.1, 0.15) is 45.2 Å². The lowest BCUT2D eigenvalue weighted by molar-refractivity contribution is 0.122. The van der Waals surface area contributed by atoms with E-state index in [1.165, 1.54) is 24.0 Å². The predicted octanol–water partition coefficient (Wildman–Crippen LogP) is 6.98. The maximum absolute atomic E-state index is 15.5. The summed E-state index contributed by atoms with van der Waals surface area (Å²) >= 11 is 0. The number of morpholine rings is 1. The van der Waals surface area contributed by atoms with Crippen molar-refractivity contribution in [3.05, 3.63) is 76.3 Å². The number of hydrogen-bond acceptors (Lipinski definition) is 5. The first-order valence-electron chi connectivity index (χ1n) is 12.7. The minimum absolute atomic E-state index is 0.217. The lowest BCUT2D eigenvalue weighted by Crippen LogP contribution is -2.36. The zero-order chi connectivity index (χ0) is 26.5. The molecule has 1 saturated heterocycles. The monoisotopic (exact) mass is 504 g/mol. The number of halogens is 2. The smallest absolute Gasteiger partial charge is 0.136 e. The SMILES string of the molecule is CC/C(C)=C/C=NC(Cc1cc(-c2ncnc3cc(N4CCOCC4)cc(F)c23)c(F)cc1C)=C(C)C. The van der Waals surface area contributed by atoms with Crippen LogP contribution in [-0.2, 0) is 11.2 Å². The van der Waals surface area contributed by atoms with Crippen molar-refractivity contribution in [2.75, 3.05) is 31.2 Å². The number of rotatable bonds is 7. The molecule has 0 bridgehead atoms. The van der Waals surface area contributed by atoms with Crippen LogP contribution in [0, 0.1) is 18.6 Å². The van der Waals surface area contributed by atoms with Crippen LogP contribution in [0.15, 0.2) is 58.5 Å². The molecule has 0 radical (unpaired) electrons. The molecule has 5 nitrogen and oxygen atoms in total. The molecular weight excluding hydrogens is 470 g/mol. The van der Waals surface area contributed by atoms with Gasteiger partial charge in [0, 0.05) is 42.7 Å². The fraction of sp³-hybridized carbons (Fsp3) is 0.367. The van der Waals surface area contributed by atoms with Crippen molar-refractivity contribution in [2.45, 2.75) is 47.5 Å². The molecular formula is C30H34F2N4O. The second-order valence-corrected chi connectivity index (χ2v) is 9.67. The van der Waals surface area contributed by atoms with Crippen LogP contribution in [0.25, 0.3) is 22.2 Å². The number of aliphatic imine (C=N–C) groups is 1. The summed E-state index contributed by atoms with van der Waals surface area (Å²) in [6.07, 6.45) is 6.69. The molecule has 0 atom stereocenters. The fourth-order valence-electron chi connectivity index (χ4n) is 4.33. The number of ether oxygens (including phenoxy) is 1. The largest absolute Gasteiger partial charge is 0.378 e. The van der Waals surface area contributed by atoms with Crippen LogP contribution in [-0.4, -0.2) is 42.5 Å². The van der Waals surface area contributed by atoms with Gasteiger partial charge in [0.05, 0.1) is 29.8 Å². The first-order chi connectivity index (χ1) is 17.8. The van der Waals surface area contributed by atoms with Crippen LogP contribution in [0.3, 0.4) is 0 Å². The Morgan fingerprint density at radius 2 is 1.81 bits per heavy atom. The summed E-state index contributed by atoms with van der Waals surface area (Å²) in [6, 6.07) is 6.58. The van der Waals surface area contributed by atoms with Gasteiger partial charge in [-0.05, 0) is 75.6 Å². The summed E-state index contributed by atoms with van der Waals surface area (Å²) in [6.45, 7) is 12.6. The third-order valence-corrected chi connectivity index (χ3v) is 6.81. The molecule has 4 rings (SSSR count). The molecule has 2 heterocycles. The Morgan fingerprint density at radius 1 is 1.05 bits per heavy atom. The quantitative estimate of drug-likeness (QED) is 0.326. The molecule has 0 N–H and O–H groups in total. The number of benzene rings is 2. The molecule has 1 aliphatic rings. The molecule has 2 aromatic carbocycles. The van der Waals surface area contributed by atoms with Gasteiger partial charge in [0.1, 0.15) is 18.0 Å². The molecule has 0 spiro atoms. The van der Waals surface area contributed by atoms with Gasteiger partial charge in [-0.1, -0.05) is 18.1 Å². The molecule has 1 aliphatic heterocycles. The Hall–Kier alpha value is -3.45. The Morgan fingerprint density at radius 3 is 2.51 bits per heavy atom. The first-order valence-corrected chi connectivity index (χ1v) is 12.7. The van der Waals surface area contributed by atoms with E-state index < -0.39 is 11.6 Å². The van der Waals surface area contributed by atoms with Crippen molar-refractivity contribution in [3.63, 3.8) is 0 Å². The van der Waals surface area contributed by atoms with Gasteiger partial charge in [-0.3, -0.25) is 4.99 Å². The van der Waals surface area contributed by atoms with Crippen molar-refractivity contribution < 1.29 is 13.5 Å². The number of hydrogen-bond donors (Lipinski definition) is 0. The third-order valence-electron chi connectivity index (χ3n) is 6.81. The van der Waals surface area contributed by atoms with E-state index in [2.05, 4.69) is 33.7 Å². The van der Waals surface area contributed by atoms with Gasteiger partial charge in [-0.15, -0.1) is 0 Å². The summed E-state index contributed by atoms with van der Waals surface area (Å²) in [4.78, 5) is 15.4. The second-order valence-electron chi connectivity index (χ2n) is 9.67. The van der Waals surface area contributed by atoms with Gasteiger partial charge in [-0.2, -0.15) is 0 Å². The number of aryl methyl sites for hydroxylation is 1. The summed E-state index contributed by atoms with van der Waals surface area (Å²) in [5.41, 5.74) is 6.65. The molecule has 0 unspecified atom stereocenters. The highest BCUT2D eigenvalue weighted by Gasteiger charge is 2.20. The zero-order valence-electron chi connectivity index (χ0n) is 22.2. The molecule has 194 valence electrons. The lowest BCUT2D eigenvalue weighted by Gasteiger charge is -2.29.